The Morgan fingerprint density at radius 2 is 1.89 bits per heavy atom. The number of hydrogen-bond donors (Lipinski definition) is 0. The highest BCUT2D eigenvalue weighted by molar-refractivity contribution is 7.99. The Labute approximate surface area is 120 Å². The number of carbonyl (C=O) groups is 1. The number of nitrogens with zero attached hydrogens (tertiary/aromatic N) is 1. The quantitative estimate of drug-likeness (QED) is 0.579. The Morgan fingerprint density at radius 1 is 1.05 bits per heavy atom. The van der Waals surface area contributed by atoms with Crippen molar-refractivity contribution in [2.45, 2.75) is 43.4 Å². The molecule has 1 aliphatic heterocycles. The third-order valence-electron chi connectivity index (χ3n) is 3.51. The van der Waals surface area contributed by atoms with Gasteiger partial charge in [0.05, 0.1) is 0 Å². The normalized spacial score (nSPS) is 16.4. The van der Waals surface area contributed by atoms with Gasteiger partial charge in [-0.25, -0.2) is 0 Å². The summed E-state index contributed by atoms with van der Waals surface area (Å²) in [6, 6.07) is 10.5. The molecule has 0 aromatic heterocycles. The zero-order valence-electron chi connectivity index (χ0n) is 11.5. The van der Waals surface area contributed by atoms with Gasteiger partial charge in [0.15, 0.2) is 0 Å². The smallest absolute Gasteiger partial charge is 0.222 e. The van der Waals surface area contributed by atoms with Crippen molar-refractivity contribution in [3.05, 3.63) is 30.3 Å². The Bertz CT molecular complexity index is 380. The second kappa shape index (κ2) is 8.26. The molecule has 2 rings (SSSR count). The molecule has 104 valence electrons. The van der Waals surface area contributed by atoms with Crippen molar-refractivity contribution in [2.24, 2.45) is 0 Å². The van der Waals surface area contributed by atoms with Crippen LogP contribution < -0.4 is 0 Å². The average molecular weight is 277 g/mol. The fourth-order valence-corrected chi connectivity index (χ4v) is 3.32. The van der Waals surface area contributed by atoms with Crippen molar-refractivity contribution >= 4 is 17.7 Å². The number of rotatable bonds is 6. The number of likely N-dealkylation sites (tertiary alicyclic amines) is 1. The fraction of sp³-hybridized carbons (Fsp3) is 0.562. The lowest BCUT2D eigenvalue weighted by Gasteiger charge is -2.20. The van der Waals surface area contributed by atoms with Crippen LogP contribution in [0, 0.1) is 0 Å². The van der Waals surface area contributed by atoms with Gasteiger partial charge >= 0.3 is 0 Å². The van der Waals surface area contributed by atoms with Crippen LogP contribution in [0.1, 0.15) is 38.5 Å². The predicted molar refractivity (Wildman–Crippen MR) is 81.4 cm³/mol. The summed E-state index contributed by atoms with van der Waals surface area (Å²) < 4.78 is 0. The molecular formula is C16H23NOS. The first-order valence-electron chi connectivity index (χ1n) is 7.32. The maximum Gasteiger partial charge on any atom is 0.222 e. The van der Waals surface area contributed by atoms with Crippen molar-refractivity contribution in [2.75, 3.05) is 18.8 Å². The van der Waals surface area contributed by atoms with Crippen molar-refractivity contribution in [1.29, 1.82) is 0 Å². The molecule has 1 fully saturated rings. The molecule has 0 radical (unpaired) electrons. The van der Waals surface area contributed by atoms with Gasteiger partial charge in [-0.15, -0.1) is 11.8 Å². The molecule has 0 N–H and O–H groups in total. The first kappa shape index (κ1) is 14.4. The van der Waals surface area contributed by atoms with Crippen molar-refractivity contribution in [1.82, 2.24) is 4.90 Å². The van der Waals surface area contributed by atoms with E-state index in [1.807, 2.05) is 11.8 Å². The Kier molecular flexibility index (Phi) is 6.28. The molecule has 19 heavy (non-hydrogen) atoms. The van der Waals surface area contributed by atoms with Crippen molar-refractivity contribution < 1.29 is 4.79 Å². The van der Waals surface area contributed by atoms with Gasteiger partial charge in [0.2, 0.25) is 5.91 Å². The molecule has 0 bridgehead atoms. The average Bonchev–Trinajstić information content (AvgIpc) is 2.65. The maximum atomic E-state index is 11.8. The molecule has 2 nitrogen and oxygen atoms in total. The monoisotopic (exact) mass is 277 g/mol. The lowest BCUT2D eigenvalue weighted by molar-refractivity contribution is -0.130. The number of unbranched alkanes of at least 4 members (excludes halogenated alkanes) is 1. The van der Waals surface area contributed by atoms with Gasteiger partial charge in [-0.1, -0.05) is 24.6 Å². The molecule has 1 heterocycles. The van der Waals surface area contributed by atoms with E-state index in [1.54, 1.807) is 0 Å². The predicted octanol–water partition coefficient (Wildman–Crippen LogP) is 3.96. The Morgan fingerprint density at radius 3 is 2.74 bits per heavy atom. The topological polar surface area (TPSA) is 20.3 Å². The fourth-order valence-electron chi connectivity index (χ4n) is 2.39. The number of carbonyl (C=O) groups excluding carboxylic acids is 1. The van der Waals surface area contributed by atoms with Crippen LogP contribution in [0.4, 0.5) is 0 Å². The summed E-state index contributed by atoms with van der Waals surface area (Å²) in [6.45, 7) is 1.93. The molecule has 1 aromatic carbocycles. The van der Waals surface area contributed by atoms with Crippen LogP contribution in [0.3, 0.4) is 0 Å². The summed E-state index contributed by atoms with van der Waals surface area (Å²) in [7, 11) is 0. The van der Waals surface area contributed by atoms with Crippen LogP contribution in [0.2, 0.25) is 0 Å². The summed E-state index contributed by atoms with van der Waals surface area (Å²) in [4.78, 5) is 15.2. The van der Waals surface area contributed by atoms with Crippen LogP contribution in [-0.4, -0.2) is 29.6 Å². The van der Waals surface area contributed by atoms with E-state index in [0.29, 0.717) is 5.91 Å². The highest BCUT2D eigenvalue weighted by Gasteiger charge is 2.15. The molecule has 1 aromatic rings. The minimum atomic E-state index is 0.369. The molecule has 0 aliphatic carbocycles. The lowest BCUT2D eigenvalue weighted by Crippen LogP contribution is -2.31. The van der Waals surface area contributed by atoms with E-state index in [1.165, 1.54) is 24.2 Å². The van der Waals surface area contributed by atoms with E-state index in [-0.39, 0.29) is 0 Å². The Hall–Kier alpha value is -0.960. The van der Waals surface area contributed by atoms with Gasteiger partial charge in [-0.3, -0.25) is 4.79 Å². The van der Waals surface area contributed by atoms with Gasteiger partial charge in [-0.2, -0.15) is 0 Å². The van der Waals surface area contributed by atoms with Gasteiger partial charge in [0.25, 0.3) is 0 Å². The van der Waals surface area contributed by atoms with E-state index in [9.17, 15) is 4.79 Å². The second-order valence-corrected chi connectivity index (χ2v) is 6.23. The SMILES string of the molecule is O=C1CCCCCN1CCCCSc1ccccc1. The number of thioether (sulfide) groups is 1. The zero-order chi connectivity index (χ0) is 13.3. The summed E-state index contributed by atoms with van der Waals surface area (Å²) in [5.74, 6) is 1.51. The van der Waals surface area contributed by atoms with Crippen LogP contribution in [0.25, 0.3) is 0 Å². The summed E-state index contributed by atoms with van der Waals surface area (Å²) in [5.41, 5.74) is 0. The standard InChI is InChI=1S/C16H23NOS/c18-16-11-5-2-6-12-17(16)13-7-8-14-19-15-9-3-1-4-10-15/h1,3-4,9-10H,2,5-8,11-14H2. The molecule has 1 saturated heterocycles. The van der Waals surface area contributed by atoms with Gasteiger partial charge < -0.3 is 4.90 Å². The summed E-state index contributed by atoms with van der Waals surface area (Å²) in [5, 5.41) is 0. The van der Waals surface area contributed by atoms with E-state index < -0.39 is 0 Å². The largest absolute Gasteiger partial charge is 0.343 e. The third-order valence-corrected chi connectivity index (χ3v) is 4.60. The first-order chi connectivity index (χ1) is 9.36. The Balaban J connectivity index is 1.60. The third kappa shape index (κ3) is 5.27. The highest BCUT2D eigenvalue weighted by atomic mass is 32.2. The molecule has 3 heteroatoms. The van der Waals surface area contributed by atoms with E-state index in [4.69, 9.17) is 0 Å². The maximum absolute atomic E-state index is 11.8. The molecule has 0 spiro atoms. The molecule has 0 atom stereocenters. The van der Waals surface area contributed by atoms with Crippen LogP contribution in [0.15, 0.2) is 35.2 Å². The molecule has 0 saturated carbocycles. The van der Waals surface area contributed by atoms with Crippen molar-refractivity contribution in [3.8, 4) is 0 Å². The molecule has 1 aliphatic rings. The van der Waals surface area contributed by atoms with Gasteiger partial charge in [0, 0.05) is 24.4 Å². The van der Waals surface area contributed by atoms with Crippen LogP contribution >= 0.6 is 11.8 Å². The highest BCUT2D eigenvalue weighted by Crippen LogP contribution is 2.19. The minimum Gasteiger partial charge on any atom is -0.343 e. The first-order valence-corrected chi connectivity index (χ1v) is 8.30. The molecular weight excluding hydrogens is 254 g/mol. The van der Waals surface area contributed by atoms with Crippen molar-refractivity contribution in [3.63, 3.8) is 0 Å². The second-order valence-electron chi connectivity index (χ2n) is 5.06. The van der Waals surface area contributed by atoms with Gasteiger partial charge in [-0.05, 0) is 43.6 Å². The summed E-state index contributed by atoms with van der Waals surface area (Å²) in [6.07, 6.45) is 6.56. The number of hydrogen-bond acceptors (Lipinski definition) is 2. The summed E-state index contributed by atoms with van der Waals surface area (Å²) >= 11 is 1.91. The number of amides is 1. The van der Waals surface area contributed by atoms with E-state index in [2.05, 4.69) is 35.2 Å². The minimum absolute atomic E-state index is 0.369. The molecule has 0 unspecified atom stereocenters. The molecule has 1 amide bonds. The lowest BCUT2D eigenvalue weighted by atomic mass is 10.2. The van der Waals surface area contributed by atoms with Crippen LogP contribution in [0.5, 0.6) is 0 Å². The van der Waals surface area contributed by atoms with E-state index in [0.717, 1.165) is 38.1 Å². The zero-order valence-corrected chi connectivity index (χ0v) is 12.3. The van der Waals surface area contributed by atoms with Crippen LogP contribution in [-0.2, 0) is 4.79 Å². The van der Waals surface area contributed by atoms with Gasteiger partial charge in [0.1, 0.15) is 0 Å². The number of benzene rings is 1. The van der Waals surface area contributed by atoms with E-state index >= 15 is 0 Å².